The van der Waals surface area contributed by atoms with E-state index in [9.17, 15) is 4.79 Å². The smallest absolute Gasteiger partial charge is 0.250 e. The van der Waals surface area contributed by atoms with E-state index >= 15 is 0 Å². The van der Waals surface area contributed by atoms with Crippen molar-refractivity contribution in [3.05, 3.63) is 59.0 Å². The molecule has 1 aromatic heterocycles. The lowest BCUT2D eigenvalue weighted by atomic mass is 10.3. The molecule has 0 fully saturated rings. The van der Waals surface area contributed by atoms with Crippen molar-refractivity contribution in [3.63, 3.8) is 0 Å². The SMILES string of the molecule is CCCOc1ccc(OCCn2ccccc2=O)cc1. The molecule has 106 valence electrons. The minimum atomic E-state index is -0.0144. The quantitative estimate of drug-likeness (QED) is 0.778. The maximum absolute atomic E-state index is 11.5. The summed E-state index contributed by atoms with van der Waals surface area (Å²) in [4.78, 5) is 11.5. The van der Waals surface area contributed by atoms with Gasteiger partial charge in [0.2, 0.25) is 0 Å². The lowest BCUT2D eigenvalue weighted by molar-refractivity contribution is 0.293. The fourth-order valence-corrected chi connectivity index (χ4v) is 1.76. The third-order valence-corrected chi connectivity index (χ3v) is 2.80. The fraction of sp³-hybridized carbons (Fsp3) is 0.312. The average molecular weight is 273 g/mol. The second-order valence-electron chi connectivity index (χ2n) is 4.40. The molecule has 20 heavy (non-hydrogen) atoms. The van der Waals surface area contributed by atoms with E-state index in [2.05, 4.69) is 6.92 Å². The van der Waals surface area contributed by atoms with Crippen LogP contribution in [0.5, 0.6) is 11.5 Å². The molecule has 2 aromatic rings. The summed E-state index contributed by atoms with van der Waals surface area (Å²) >= 11 is 0. The Bertz CT molecular complexity index is 575. The second-order valence-corrected chi connectivity index (χ2v) is 4.40. The molecule has 0 unspecified atom stereocenters. The van der Waals surface area contributed by atoms with E-state index in [0.29, 0.717) is 13.2 Å². The summed E-state index contributed by atoms with van der Waals surface area (Å²) in [5, 5.41) is 0. The summed E-state index contributed by atoms with van der Waals surface area (Å²) in [6.07, 6.45) is 2.75. The number of hydrogen-bond acceptors (Lipinski definition) is 3. The van der Waals surface area contributed by atoms with Crippen molar-refractivity contribution in [2.24, 2.45) is 0 Å². The predicted molar refractivity (Wildman–Crippen MR) is 78.4 cm³/mol. The van der Waals surface area contributed by atoms with Crippen LogP contribution in [0.3, 0.4) is 0 Å². The molecule has 4 heteroatoms. The van der Waals surface area contributed by atoms with Crippen LogP contribution in [0.2, 0.25) is 0 Å². The van der Waals surface area contributed by atoms with E-state index in [-0.39, 0.29) is 5.56 Å². The topological polar surface area (TPSA) is 40.5 Å². The Morgan fingerprint density at radius 1 is 0.950 bits per heavy atom. The zero-order valence-electron chi connectivity index (χ0n) is 11.6. The normalized spacial score (nSPS) is 10.2. The Balaban J connectivity index is 1.82. The molecule has 0 amide bonds. The Labute approximate surface area is 118 Å². The first-order valence-electron chi connectivity index (χ1n) is 6.80. The van der Waals surface area contributed by atoms with E-state index in [4.69, 9.17) is 9.47 Å². The highest BCUT2D eigenvalue weighted by atomic mass is 16.5. The van der Waals surface area contributed by atoms with Crippen molar-refractivity contribution in [3.8, 4) is 11.5 Å². The summed E-state index contributed by atoms with van der Waals surface area (Å²) in [6, 6.07) is 12.6. The van der Waals surface area contributed by atoms with Crippen molar-refractivity contribution in [2.45, 2.75) is 19.9 Å². The third-order valence-electron chi connectivity index (χ3n) is 2.80. The molecule has 1 aromatic carbocycles. The van der Waals surface area contributed by atoms with Gasteiger partial charge < -0.3 is 14.0 Å². The van der Waals surface area contributed by atoms with Gasteiger partial charge in [0.15, 0.2) is 0 Å². The Kier molecular flexibility index (Phi) is 5.24. The number of benzene rings is 1. The van der Waals surface area contributed by atoms with Gasteiger partial charge in [-0.05, 0) is 36.8 Å². The molecule has 0 saturated carbocycles. The van der Waals surface area contributed by atoms with Crippen LogP contribution in [-0.2, 0) is 6.54 Å². The highest BCUT2D eigenvalue weighted by Gasteiger charge is 1.98. The molecule has 0 radical (unpaired) electrons. The first-order valence-corrected chi connectivity index (χ1v) is 6.80. The van der Waals surface area contributed by atoms with Gasteiger partial charge >= 0.3 is 0 Å². The number of pyridine rings is 1. The van der Waals surface area contributed by atoms with Gasteiger partial charge in [-0.1, -0.05) is 13.0 Å². The Morgan fingerprint density at radius 2 is 1.60 bits per heavy atom. The third kappa shape index (κ3) is 4.16. The van der Waals surface area contributed by atoms with Crippen molar-refractivity contribution >= 4 is 0 Å². The van der Waals surface area contributed by atoms with Crippen LogP contribution >= 0.6 is 0 Å². The molecular weight excluding hydrogens is 254 g/mol. The van der Waals surface area contributed by atoms with Gasteiger partial charge in [0, 0.05) is 12.3 Å². The second kappa shape index (κ2) is 7.38. The molecule has 0 saturated heterocycles. The van der Waals surface area contributed by atoms with Gasteiger partial charge in [-0.15, -0.1) is 0 Å². The Morgan fingerprint density at radius 3 is 2.20 bits per heavy atom. The van der Waals surface area contributed by atoms with E-state index in [1.54, 1.807) is 22.9 Å². The predicted octanol–water partition coefficient (Wildman–Crippen LogP) is 2.72. The number of hydrogen-bond donors (Lipinski definition) is 0. The van der Waals surface area contributed by atoms with Crippen LogP contribution < -0.4 is 15.0 Å². The summed E-state index contributed by atoms with van der Waals surface area (Å²) in [6.45, 7) is 3.78. The minimum Gasteiger partial charge on any atom is -0.494 e. The van der Waals surface area contributed by atoms with Crippen LogP contribution in [0.15, 0.2) is 53.5 Å². The molecule has 0 aliphatic rings. The fourth-order valence-electron chi connectivity index (χ4n) is 1.76. The van der Waals surface area contributed by atoms with Gasteiger partial charge in [0.1, 0.15) is 18.1 Å². The van der Waals surface area contributed by atoms with Crippen LogP contribution in [0, 0.1) is 0 Å². The molecule has 0 bridgehead atoms. The monoisotopic (exact) mass is 273 g/mol. The molecule has 1 heterocycles. The van der Waals surface area contributed by atoms with Crippen molar-refractivity contribution in [1.29, 1.82) is 0 Å². The molecule has 0 spiro atoms. The average Bonchev–Trinajstić information content (AvgIpc) is 2.48. The van der Waals surface area contributed by atoms with E-state index in [0.717, 1.165) is 24.5 Å². The molecular formula is C16H19NO3. The summed E-state index contributed by atoms with van der Waals surface area (Å²) in [5.41, 5.74) is -0.0144. The van der Waals surface area contributed by atoms with Crippen molar-refractivity contribution in [2.75, 3.05) is 13.2 Å². The van der Waals surface area contributed by atoms with Gasteiger partial charge in [-0.2, -0.15) is 0 Å². The number of ether oxygens (including phenoxy) is 2. The van der Waals surface area contributed by atoms with Crippen LogP contribution in [0.4, 0.5) is 0 Å². The van der Waals surface area contributed by atoms with E-state index in [1.165, 1.54) is 0 Å². The summed E-state index contributed by atoms with van der Waals surface area (Å²) in [5.74, 6) is 1.62. The highest BCUT2D eigenvalue weighted by molar-refractivity contribution is 5.31. The lowest BCUT2D eigenvalue weighted by Gasteiger charge is -2.09. The van der Waals surface area contributed by atoms with E-state index in [1.807, 2.05) is 30.3 Å². The maximum atomic E-state index is 11.5. The Hall–Kier alpha value is -2.23. The highest BCUT2D eigenvalue weighted by Crippen LogP contribution is 2.17. The summed E-state index contributed by atoms with van der Waals surface area (Å²) < 4.78 is 12.7. The van der Waals surface area contributed by atoms with Crippen molar-refractivity contribution < 1.29 is 9.47 Å². The molecule has 0 aliphatic heterocycles. The van der Waals surface area contributed by atoms with Gasteiger partial charge in [-0.3, -0.25) is 4.79 Å². The van der Waals surface area contributed by atoms with Gasteiger partial charge in [0.05, 0.1) is 13.2 Å². The largest absolute Gasteiger partial charge is 0.494 e. The molecule has 0 atom stereocenters. The minimum absolute atomic E-state index is 0.0144. The molecule has 2 rings (SSSR count). The standard InChI is InChI=1S/C16H19NO3/c1-2-12-19-14-6-8-15(9-7-14)20-13-11-17-10-4-3-5-16(17)18/h3-10H,2,11-13H2,1H3. The first kappa shape index (κ1) is 14.2. The molecule has 0 aliphatic carbocycles. The van der Waals surface area contributed by atoms with Crippen LogP contribution in [0.25, 0.3) is 0 Å². The number of aromatic nitrogens is 1. The first-order chi connectivity index (χ1) is 9.79. The lowest BCUT2D eigenvalue weighted by Crippen LogP contribution is -2.21. The maximum Gasteiger partial charge on any atom is 0.250 e. The summed E-state index contributed by atoms with van der Waals surface area (Å²) in [7, 11) is 0. The van der Waals surface area contributed by atoms with E-state index < -0.39 is 0 Å². The van der Waals surface area contributed by atoms with Crippen LogP contribution in [0.1, 0.15) is 13.3 Å². The van der Waals surface area contributed by atoms with Gasteiger partial charge in [0.25, 0.3) is 5.56 Å². The zero-order valence-corrected chi connectivity index (χ0v) is 11.6. The zero-order chi connectivity index (χ0) is 14.2. The number of nitrogens with zero attached hydrogens (tertiary/aromatic N) is 1. The van der Waals surface area contributed by atoms with Gasteiger partial charge in [-0.25, -0.2) is 0 Å². The number of rotatable bonds is 7. The van der Waals surface area contributed by atoms with Crippen LogP contribution in [-0.4, -0.2) is 17.8 Å². The molecule has 4 nitrogen and oxygen atoms in total. The molecule has 0 N–H and O–H groups in total. The van der Waals surface area contributed by atoms with Crippen molar-refractivity contribution in [1.82, 2.24) is 4.57 Å².